The molecule has 168 valence electrons. The van der Waals surface area contributed by atoms with Crippen molar-refractivity contribution in [3.63, 3.8) is 0 Å². The summed E-state index contributed by atoms with van der Waals surface area (Å²) in [6.45, 7) is 10.3. The Bertz CT molecular complexity index is 855. The first-order chi connectivity index (χ1) is 15.1. The molecule has 2 aliphatic heterocycles. The maximum atomic E-state index is 12.3. The summed E-state index contributed by atoms with van der Waals surface area (Å²) >= 11 is 0. The number of fused-ring (bicyclic) bond motifs is 1. The van der Waals surface area contributed by atoms with Gasteiger partial charge in [-0.1, -0.05) is 38.1 Å². The molecule has 0 aliphatic carbocycles. The fraction of sp³-hybridized carbons (Fsp3) is 0.625. The number of amides is 1. The molecule has 0 spiro atoms. The lowest BCUT2D eigenvalue weighted by Gasteiger charge is -2.21. The van der Waals surface area contributed by atoms with Crippen molar-refractivity contribution < 1.29 is 9.53 Å². The summed E-state index contributed by atoms with van der Waals surface area (Å²) < 4.78 is 7.59. The van der Waals surface area contributed by atoms with E-state index in [2.05, 4.69) is 63.1 Å². The van der Waals surface area contributed by atoms with Gasteiger partial charge in [-0.05, 0) is 29.9 Å². The minimum Gasteiger partial charge on any atom is -0.381 e. The number of hydrogen-bond acceptors (Lipinski definition) is 5. The van der Waals surface area contributed by atoms with E-state index in [1.54, 1.807) is 0 Å². The van der Waals surface area contributed by atoms with Gasteiger partial charge in [-0.25, -0.2) is 0 Å². The van der Waals surface area contributed by atoms with Crippen LogP contribution in [0.3, 0.4) is 0 Å². The molecule has 0 bridgehead atoms. The van der Waals surface area contributed by atoms with Gasteiger partial charge >= 0.3 is 0 Å². The standard InChI is InChI=1S/C24H35N5O2/c1-18(2)20-5-3-19(4-6-20)17-28-12-8-23-27-26-22(29(23)14-13-28)7-11-25-24(30)21-9-15-31-16-10-21/h3-6,18,21H,7-17H2,1-2H3,(H,25,30). The molecule has 4 rings (SSSR count). The molecule has 3 heterocycles. The van der Waals surface area contributed by atoms with Crippen LogP contribution in [0.25, 0.3) is 0 Å². The quantitative estimate of drug-likeness (QED) is 0.738. The highest BCUT2D eigenvalue weighted by Gasteiger charge is 2.22. The summed E-state index contributed by atoms with van der Waals surface area (Å²) in [5.41, 5.74) is 2.75. The van der Waals surface area contributed by atoms with Crippen LogP contribution in [0.15, 0.2) is 24.3 Å². The summed E-state index contributed by atoms with van der Waals surface area (Å²) in [6.07, 6.45) is 3.27. The number of rotatable bonds is 7. The predicted molar refractivity (Wildman–Crippen MR) is 120 cm³/mol. The van der Waals surface area contributed by atoms with Crippen molar-refractivity contribution in [2.24, 2.45) is 5.92 Å². The highest BCUT2D eigenvalue weighted by atomic mass is 16.5. The van der Waals surface area contributed by atoms with Crippen molar-refractivity contribution in [2.75, 3.05) is 32.8 Å². The predicted octanol–water partition coefficient (Wildman–Crippen LogP) is 2.55. The third-order valence-corrected chi connectivity index (χ3v) is 6.49. The molecule has 1 aromatic carbocycles. The molecule has 31 heavy (non-hydrogen) atoms. The van der Waals surface area contributed by atoms with Crippen LogP contribution in [-0.4, -0.2) is 58.4 Å². The average molecular weight is 426 g/mol. The summed E-state index contributed by atoms with van der Waals surface area (Å²) in [6, 6.07) is 9.01. The molecule has 2 aromatic rings. The van der Waals surface area contributed by atoms with Crippen LogP contribution in [0.1, 0.15) is 55.4 Å². The summed E-state index contributed by atoms with van der Waals surface area (Å²) in [7, 11) is 0. The average Bonchev–Trinajstić information content (AvgIpc) is 3.06. The number of nitrogens with zero attached hydrogens (tertiary/aromatic N) is 4. The number of benzene rings is 1. The third-order valence-electron chi connectivity index (χ3n) is 6.49. The Hall–Kier alpha value is -2.25. The van der Waals surface area contributed by atoms with E-state index in [0.29, 0.717) is 25.7 Å². The topological polar surface area (TPSA) is 72.3 Å². The number of hydrogen-bond donors (Lipinski definition) is 1. The number of aromatic nitrogens is 3. The lowest BCUT2D eigenvalue weighted by atomic mass is 9.99. The van der Waals surface area contributed by atoms with Gasteiger partial charge in [-0.3, -0.25) is 9.69 Å². The minimum absolute atomic E-state index is 0.0902. The van der Waals surface area contributed by atoms with E-state index in [9.17, 15) is 4.79 Å². The van der Waals surface area contributed by atoms with Gasteiger partial charge in [0.15, 0.2) is 0 Å². The highest BCUT2D eigenvalue weighted by molar-refractivity contribution is 5.78. The summed E-state index contributed by atoms with van der Waals surface area (Å²) in [4.78, 5) is 14.8. The van der Waals surface area contributed by atoms with Gasteiger partial charge in [-0.15, -0.1) is 10.2 Å². The molecule has 1 amide bonds. The fourth-order valence-corrected chi connectivity index (χ4v) is 4.44. The van der Waals surface area contributed by atoms with Crippen LogP contribution in [0.4, 0.5) is 0 Å². The Labute approximate surface area is 185 Å². The molecule has 0 atom stereocenters. The van der Waals surface area contributed by atoms with Crippen molar-refractivity contribution in [2.45, 2.75) is 58.5 Å². The lowest BCUT2D eigenvalue weighted by Crippen LogP contribution is -2.35. The Morgan fingerprint density at radius 2 is 1.90 bits per heavy atom. The first-order valence-corrected chi connectivity index (χ1v) is 11.7. The molecule has 1 saturated heterocycles. The van der Waals surface area contributed by atoms with Crippen LogP contribution in [0, 0.1) is 5.92 Å². The van der Waals surface area contributed by atoms with Gasteiger partial charge in [0, 0.05) is 64.7 Å². The Morgan fingerprint density at radius 3 is 2.65 bits per heavy atom. The van der Waals surface area contributed by atoms with Crippen molar-refractivity contribution in [1.29, 1.82) is 0 Å². The normalized spacial score (nSPS) is 18.0. The molecule has 1 N–H and O–H groups in total. The van der Waals surface area contributed by atoms with Gasteiger partial charge in [0.05, 0.1) is 0 Å². The molecule has 7 heteroatoms. The largest absolute Gasteiger partial charge is 0.381 e. The molecule has 0 saturated carbocycles. The minimum atomic E-state index is 0.0902. The van der Waals surface area contributed by atoms with Gasteiger partial charge < -0.3 is 14.6 Å². The molecule has 0 radical (unpaired) electrons. The van der Waals surface area contributed by atoms with Crippen LogP contribution in [0.5, 0.6) is 0 Å². The SMILES string of the molecule is CC(C)c1ccc(CN2CCc3nnc(CCNC(=O)C4CCOCC4)n3CC2)cc1. The van der Waals surface area contributed by atoms with Gasteiger partial charge in [0.25, 0.3) is 0 Å². The van der Waals surface area contributed by atoms with Crippen LogP contribution < -0.4 is 5.32 Å². The number of carbonyl (C=O) groups is 1. The smallest absolute Gasteiger partial charge is 0.223 e. The zero-order valence-electron chi connectivity index (χ0n) is 18.8. The fourth-order valence-electron chi connectivity index (χ4n) is 4.44. The second-order valence-electron chi connectivity index (χ2n) is 9.03. The molecular formula is C24H35N5O2. The zero-order valence-corrected chi connectivity index (χ0v) is 18.8. The van der Waals surface area contributed by atoms with Crippen LogP contribution in [-0.2, 0) is 35.5 Å². The lowest BCUT2D eigenvalue weighted by molar-refractivity contribution is -0.127. The monoisotopic (exact) mass is 425 g/mol. The van der Waals surface area contributed by atoms with E-state index in [1.165, 1.54) is 11.1 Å². The molecular weight excluding hydrogens is 390 g/mol. The molecule has 7 nitrogen and oxygen atoms in total. The summed E-state index contributed by atoms with van der Waals surface area (Å²) in [5, 5.41) is 11.9. The van der Waals surface area contributed by atoms with E-state index in [0.717, 1.165) is 63.5 Å². The molecule has 0 unspecified atom stereocenters. The van der Waals surface area contributed by atoms with Gasteiger partial charge in [0.1, 0.15) is 11.6 Å². The van der Waals surface area contributed by atoms with E-state index in [1.807, 2.05) is 0 Å². The van der Waals surface area contributed by atoms with Gasteiger partial charge in [0.2, 0.25) is 5.91 Å². The second kappa shape index (κ2) is 10.4. The van der Waals surface area contributed by atoms with Crippen molar-refractivity contribution in [3.8, 4) is 0 Å². The van der Waals surface area contributed by atoms with Crippen LogP contribution in [0.2, 0.25) is 0 Å². The Kier molecular flexibility index (Phi) is 7.35. The van der Waals surface area contributed by atoms with Crippen LogP contribution >= 0.6 is 0 Å². The van der Waals surface area contributed by atoms with E-state index < -0.39 is 0 Å². The number of nitrogens with one attached hydrogen (secondary N) is 1. The van der Waals surface area contributed by atoms with Crippen molar-refractivity contribution in [3.05, 3.63) is 47.0 Å². The Balaban J connectivity index is 1.27. The van der Waals surface area contributed by atoms with Crippen molar-refractivity contribution in [1.82, 2.24) is 25.0 Å². The molecule has 1 aromatic heterocycles. The first kappa shape index (κ1) is 22.0. The maximum absolute atomic E-state index is 12.3. The number of carbonyl (C=O) groups excluding carboxylic acids is 1. The second-order valence-corrected chi connectivity index (χ2v) is 9.03. The maximum Gasteiger partial charge on any atom is 0.223 e. The van der Waals surface area contributed by atoms with Crippen molar-refractivity contribution >= 4 is 5.91 Å². The number of ether oxygens (including phenoxy) is 1. The Morgan fingerprint density at radius 1 is 1.13 bits per heavy atom. The highest BCUT2D eigenvalue weighted by Crippen LogP contribution is 2.17. The van der Waals surface area contributed by atoms with E-state index in [-0.39, 0.29) is 11.8 Å². The first-order valence-electron chi connectivity index (χ1n) is 11.7. The van der Waals surface area contributed by atoms with E-state index in [4.69, 9.17) is 4.74 Å². The third kappa shape index (κ3) is 5.71. The zero-order chi connectivity index (χ0) is 21.6. The molecule has 1 fully saturated rings. The summed E-state index contributed by atoms with van der Waals surface area (Å²) in [5.74, 6) is 2.84. The molecule has 2 aliphatic rings. The van der Waals surface area contributed by atoms with Gasteiger partial charge in [-0.2, -0.15) is 0 Å². The van der Waals surface area contributed by atoms with E-state index >= 15 is 0 Å².